The van der Waals surface area contributed by atoms with Crippen LogP contribution in [0, 0.1) is 5.82 Å². The number of thioether (sulfide) groups is 1. The first kappa shape index (κ1) is 23.8. The van der Waals surface area contributed by atoms with Crippen molar-refractivity contribution in [2.24, 2.45) is 0 Å². The molecule has 1 fully saturated rings. The van der Waals surface area contributed by atoms with Crippen molar-refractivity contribution < 1.29 is 23.5 Å². The summed E-state index contributed by atoms with van der Waals surface area (Å²) in [6.45, 7) is -0.0657. The summed E-state index contributed by atoms with van der Waals surface area (Å²) in [5.41, 5.74) is 1.49. The Balaban J connectivity index is 1.34. The number of imide groups is 1. The minimum absolute atomic E-state index is 0.0657. The van der Waals surface area contributed by atoms with Crippen LogP contribution in [0.3, 0.4) is 0 Å². The van der Waals surface area contributed by atoms with E-state index >= 15 is 0 Å². The van der Waals surface area contributed by atoms with E-state index in [-0.39, 0.29) is 16.5 Å². The molecule has 2 amide bonds. The maximum absolute atomic E-state index is 13.3. The van der Waals surface area contributed by atoms with Gasteiger partial charge in [0, 0.05) is 5.02 Å². The Hall–Kier alpha value is -3.94. The predicted octanol–water partition coefficient (Wildman–Crippen LogP) is 7.09. The second kappa shape index (κ2) is 9.97. The molecule has 0 radical (unpaired) electrons. The van der Waals surface area contributed by atoms with Gasteiger partial charge in [0.05, 0.1) is 17.0 Å². The summed E-state index contributed by atoms with van der Waals surface area (Å²) in [6.07, 6.45) is 1.56. The summed E-state index contributed by atoms with van der Waals surface area (Å²) in [4.78, 5) is 39.5. The second-order valence-electron chi connectivity index (χ2n) is 7.99. The molecule has 178 valence electrons. The molecule has 4 aromatic carbocycles. The number of fused-ring (bicyclic) bond motifs is 1. The third kappa shape index (κ3) is 4.89. The predicted molar refractivity (Wildman–Crippen MR) is 138 cm³/mol. The first-order chi connectivity index (χ1) is 17.4. The summed E-state index contributed by atoms with van der Waals surface area (Å²) in [6, 6.07) is 23.5. The van der Waals surface area contributed by atoms with Gasteiger partial charge in [0.1, 0.15) is 11.6 Å². The molecule has 1 aliphatic heterocycles. The van der Waals surface area contributed by atoms with E-state index < -0.39 is 22.9 Å². The molecule has 5 rings (SSSR count). The largest absolute Gasteiger partial charge is 0.423 e. The van der Waals surface area contributed by atoms with Crippen LogP contribution in [0.15, 0.2) is 89.8 Å². The van der Waals surface area contributed by atoms with E-state index in [1.807, 2.05) is 30.3 Å². The highest BCUT2D eigenvalue weighted by molar-refractivity contribution is 8.18. The fourth-order valence-corrected chi connectivity index (χ4v) is 4.91. The minimum atomic E-state index is -0.501. The fourth-order valence-electron chi connectivity index (χ4n) is 3.84. The zero-order valence-corrected chi connectivity index (χ0v) is 20.2. The quantitative estimate of drug-likeness (QED) is 0.161. The van der Waals surface area contributed by atoms with Gasteiger partial charge in [-0.1, -0.05) is 66.2 Å². The van der Waals surface area contributed by atoms with Gasteiger partial charge in [0.2, 0.25) is 0 Å². The Labute approximate surface area is 215 Å². The highest BCUT2D eigenvalue weighted by atomic mass is 35.5. The molecule has 0 spiro atoms. The van der Waals surface area contributed by atoms with E-state index in [2.05, 4.69) is 0 Å². The smallest absolute Gasteiger partial charge is 0.344 e. The molecule has 4 aromatic rings. The Kier molecular flexibility index (Phi) is 6.59. The van der Waals surface area contributed by atoms with E-state index in [0.29, 0.717) is 22.4 Å². The van der Waals surface area contributed by atoms with Gasteiger partial charge < -0.3 is 4.74 Å². The zero-order valence-electron chi connectivity index (χ0n) is 18.6. The number of amides is 2. The van der Waals surface area contributed by atoms with E-state index in [4.69, 9.17) is 16.3 Å². The number of halogens is 2. The average Bonchev–Trinajstić information content (AvgIpc) is 3.12. The molecule has 0 saturated carbocycles. The van der Waals surface area contributed by atoms with Gasteiger partial charge in [-0.25, -0.2) is 9.18 Å². The molecule has 1 heterocycles. The van der Waals surface area contributed by atoms with Crippen LogP contribution in [0.2, 0.25) is 5.02 Å². The van der Waals surface area contributed by atoms with Crippen molar-refractivity contribution >= 4 is 57.3 Å². The van der Waals surface area contributed by atoms with Crippen molar-refractivity contribution in [1.82, 2.24) is 4.90 Å². The number of carbonyl (C=O) groups is 3. The number of hydrogen-bond acceptors (Lipinski definition) is 5. The minimum Gasteiger partial charge on any atom is -0.423 e. The molecule has 5 nitrogen and oxygen atoms in total. The van der Waals surface area contributed by atoms with Crippen LogP contribution >= 0.6 is 23.4 Å². The van der Waals surface area contributed by atoms with Gasteiger partial charge >= 0.3 is 5.97 Å². The molecule has 0 aliphatic carbocycles. The molecular weight excluding hydrogens is 501 g/mol. The van der Waals surface area contributed by atoms with Crippen LogP contribution in [-0.4, -0.2) is 22.0 Å². The zero-order chi connectivity index (χ0) is 25.2. The first-order valence-electron chi connectivity index (χ1n) is 10.9. The van der Waals surface area contributed by atoms with Crippen molar-refractivity contribution in [2.75, 3.05) is 0 Å². The summed E-state index contributed by atoms with van der Waals surface area (Å²) >= 11 is 6.85. The summed E-state index contributed by atoms with van der Waals surface area (Å²) in [5.74, 6) is -1.18. The van der Waals surface area contributed by atoms with Gasteiger partial charge in [-0.05, 0) is 70.1 Å². The molecule has 8 heteroatoms. The number of nitrogens with zero attached hydrogens (tertiary/aromatic N) is 1. The van der Waals surface area contributed by atoms with Crippen molar-refractivity contribution in [3.8, 4) is 5.75 Å². The molecule has 36 heavy (non-hydrogen) atoms. The van der Waals surface area contributed by atoms with Crippen molar-refractivity contribution in [3.05, 3.63) is 117 Å². The summed E-state index contributed by atoms with van der Waals surface area (Å²) < 4.78 is 18.9. The van der Waals surface area contributed by atoms with E-state index in [0.717, 1.165) is 33.5 Å². The van der Waals surface area contributed by atoms with Crippen LogP contribution in [0.4, 0.5) is 9.18 Å². The third-order valence-electron chi connectivity index (χ3n) is 5.59. The molecule has 1 aliphatic rings. The Morgan fingerprint density at radius 2 is 1.75 bits per heavy atom. The number of benzene rings is 4. The van der Waals surface area contributed by atoms with E-state index in [1.54, 1.807) is 42.5 Å². The second-order valence-corrected chi connectivity index (χ2v) is 9.39. The molecule has 0 atom stereocenters. The first-order valence-corrected chi connectivity index (χ1v) is 12.1. The average molecular weight is 518 g/mol. The summed E-state index contributed by atoms with van der Waals surface area (Å²) in [7, 11) is 0. The molecule has 0 bridgehead atoms. The fraction of sp³-hybridized carbons (Fsp3) is 0.0357. The number of carbonyl (C=O) groups excluding carboxylic acids is 3. The Morgan fingerprint density at radius 1 is 0.972 bits per heavy atom. The summed E-state index contributed by atoms with van der Waals surface area (Å²) in [5, 5.41) is 1.40. The van der Waals surface area contributed by atoms with Crippen molar-refractivity contribution in [3.63, 3.8) is 0 Å². The van der Waals surface area contributed by atoms with Crippen LogP contribution in [-0.2, 0) is 11.3 Å². The van der Waals surface area contributed by atoms with Gasteiger partial charge in [-0.2, -0.15) is 0 Å². The van der Waals surface area contributed by atoms with E-state index in [1.165, 1.54) is 12.1 Å². The molecule has 0 N–H and O–H groups in total. The highest BCUT2D eigenvalue weighted by Crippen LogP contribution is 2.34. The highest BCUT2D eigenvalue weighted by Gasteiger charge is 2.35. The Morgan fingerprint density at radius 3 is 2.58 bits per heavy atom. The number of esters is 1. The van der Waals surface area contributed by atoms with Gasteiger partial charge in [0.15, 0.2) is 0 Å². The number of ether oxygens (including phenoxy) is 1. The van der Waals surface area contributed by atoms with Crippen LogP contribution in [0.5, 0.6) is 5.75 Å². The Bertz CT molecular complexity index is 1560. The molecule has 1 saturated heterocycles. The number of rotatable bonds is 5. The maximum Gasteiger partial charge on any atom is 0.344 e. The molecule has 0 unspecified atom stereocenters. The standard InChI is InChI=1S/C28H17ClFNO4S/c29-24-15-20(30)12-11-19(24)16-31-26(32)25(36-28(31)34)14-17-5-3-8-21(13-17)35-27(33)23-10-4-7-18-6-1-2-9-22(18)23/h1-15H,16H2/b25-14-. The monoisotopic (exact) mass is 517 g/mol. The normalized spacial score (nSPS) is 14.6. The lowest BCUT2D eigenvalue weighted by molar-refractivity contribution is -0.123. The van der Waals surface area contributed by atoms with Crippen molar-refractivity contribution in [1.29, 1.82) is 0 Å². The van der Waals surface area contributed by atoms with Crippen LogP contribution < -0.4 is 4.74 Å². The van der Waals surface area contributed by atoms with E-state index in [9.17, 15) is 18.8 Å². The molecule has 0 aromatic heterocycles. The topological polar surface area (TPSA) is 63.7 Å². The third-order valence-corrected chi connectivity index (χ3v) is 6.85. The lowest BCUT2D eigenvalue weighted by Crippen LogP contribution is -2.27. The van der Waals surface area contributed by atoms with Crippen LogP contribution in [0.1, 0.15) is 21.5 Å². The maximum atomic E-state index is 13.3. The van der Waals surface area contributed by atoms with Gasteiger partial charge in [-0.3, -0.25) is 14.5 Å². The SMILES string of the molecule is O=C(Oc1cccc(/C=C2\SC(=O)N(Cc3ccc(F)cc3Cl)C2=O)c1)c1cccc2ccccc12. The van der Waals surface area contributed by atoms with Gasteiger partial charge in [0.25, 0.3) is 11.1 Å². The van der Waals surface area contributed by atoms with Gasteiger partial charge in [-0.15, -0.1) is 0 Å². The lowest BCUT2D eigenvalue weighted by atomic mass is 10.0. The van der Waals surface area contributed by atoms with Crippen molar-refractivity contribution in [2.45, 2.75) is 6.54 Å². The molecular formula is C28H17ClFNO4S. The van der Waals surface area contributed by atoms with Crippen LogP contribution in [0.25, 0.3) is 16.8 Å². The number of hydrogen-bond donors (Lipinski definition) is 0. The lowest BCUT2D eigenvalue weighted by Gasteiger charge is -2.13.